The van der Waals surface area contributed by atoms with Gasteiger partial charge >= 0.3 is 0 Å². The van der Waals surface area contributed by atoms with E-state index in [1.807, 2.05) is 6.07 Å². The third-order valence-electron chi connectivity index (χ3n) is 3.55. The summed E-state index contributed by atoms with van der Waals surface area (Å²) in [5.74, 6) is 1.40. The summed E-state index contributed by atoms with van der Waals surface area (Å²) < 4.78 is 16.9. The van der Waals surface area contributed by atoms with Crippen LogP contribution in [0.2, 0.25) is 10.0 Å². The molecule has 0 radical (unpaired) electrons. The fourth-order valence-corrected chi connectivity index (χ4v) is 2.91. The summed E-state index contributed by atoms with van der Waals surface area (Å²) in [6.45, 7) is 0.998. The van der Waals surface area contributed by atoms with Crippen LogP contribution < -0.4 is 14.2 Å². The summed E-state index contributed by atoms with van der Waals surface area (Å²) in [6, 6.07) is 6.94. The van der Waals surface area contributed by atoms with Gasteiger partial charge in [0.1, 0.15) is 24.0 Å². The van der Waals surface area contributed by atoms with Crippen LogP contribution >= 0.6 is 46.4 Å². The molecule has 0 saturated heterocycles. The highest BCUT2D eigenvalue weighted by Gasteiger charge is 2.10. The number of ether oxygens (including phenoxy) is 3. The van der Waals surface area contributed by atoms with Crippen molar-refractivity contribution in [1.29, 1.82) is 0 Å². The molecule has 0 atom stereocenters. The zero-order chi connectivity index (χ0) is 21.8. The Labute approximate surface area is 195 Å². The zero-order valence-corrected chi connectivity index (χ0v) is 19.1. The third kappa shape index (κ3) is 8.88. The standard InChI is InChI=1S/C20H20Cl4N2O4/c1-27-26-7-5-14-3-4-19(25-13-14)29-8-2-9-30-20-16(21)11-15(12-17(20)22)28-10-6-18(23)24/h3-4,6-7,11-13H,2,5,8-10H2,1H3/b26-7+. The molecule has 0 N–H and O–H groups in total. The van der Waals surface area contributed by atoms with Crippen molar-refractivity contribution < 1.29 is 19.0 Å². The minimum absolute atomic E-state index is 0.122. The quantitative estimate of drug-likeness (QED) is 0.203. The lowest BCUT2D eigenvalue weighted by Gasteiger charge is -2.12. The summed E-state index contributed by atoms with van der Waals surface area (Å²) in [4.78, 5) is 8.86. The Hall–Kier alpha value is -1.86. The number of aromatic nitrogens is 1. The molecule has 1 aromatic carbocycles. The molecule has 162 valence electrons. The van der Waals surface area contributed by atoms with Gasteiger partial charge in [-0.3, -0.25) is 0 Å². The number of oxime groups is 1. The van der Waals surface area contributed by atoms with Gasteiger partial charge in [0, 0.05) is 43.5 Å². The molecule has 10 heteroatoms. The maximum absolute atomic E-state index is 6.23. The molecule has 0 spiro atoms. The van der Waals surface area contributed by atoms with Gasteiger partial charge in [-0.2, -0.15) is 0 Å². The van der Waals surface area contributed by atoms with Gasteiger partial charge in [-0.05, 0) is 11.6 Å². The summed E-state index contributed by atoms with van der Waals surface area (Å²) in [5, 5.41) is 4.37. The molecule has 0 fully saturated rings. The molecule has 1 aromatic heterocycles. The molecule has 0 unspecified atom stereocenters. The van der Waals surface area contributed by atoms with E-state index in [0.29, 0.717) is 53.5 Å². The highest BCUT2D eigenvalue weighted by molar-refractivity contribution is 6.55. The SMILES string of the molecule is CO/N=C/Cc1ccc(OCCCOc2c(Cl)cc(OCC=C(Cl)Cl)cc2Cl)nc1. The summed E-state index contributed by atoms with van der Waals surface area (Å²) in [7, 11) is 1.50. The fraction of sp³-hybridized carbons (Fsp3) is 0.300. The van der Waals surface area contributed by atoms with E-state index >= 15 is 0 Å². The fourth-order valence-electron chi connectivity index (χ4n) is 2.20. The average molecular weight is 494 g/mol. The topological polar surface area (TPSA) is 62.2 Å². The van der Waals surface area contributed by atoms with Crippen molar-refractivity contribution >= 4 is 52.6 Å². The van der Waals surface area contributed by atoms with Gasteiger partial charge in [0.25, 0.3) is 0 Å². The lowest BCUT2D eigenvalue weighted by molar-refractivity contribution is 0.215. The van der Waals surface area contributed by atoms with Crippen LogP contribution in [0.5, 0.6) is 17.4 Å². The van der Waals surface area contributed by atoms with Crippen LogP contribution in [0.3, 0.4) is 0 Å². The third-order valence-corrected chi connectivity index (χ3v) is 4.42. The van der Waals surface area contributed by atoms with Crippen LogP contribution in [0.15, 0.2) is 46.2 Å². The predicted molar refractivity (Wildman–Crippen MR) is 121 cm³/mol. The van der Waals surface area contributed by atoms with Crippen molar-refractivity contribution in [2.75, 3.05) is 26.9 Å². The Morgan fingerprint density at radius 3 is 2.43 bits per heavy atom. The average Bonchev–Trinajstić information content (AvgIpc) is 2.70. The number of hydrogen-bond donors (Lipinski definition) is 0. The Morgan fingerprint density at radius 1 is 1.07 bits per heavy atom. The first-order valence-corrected chi connectivity index (χ1v) is 10.4. The van der Waals surface area contributed by atoms with Gasteiger partial charge in [-0.25, -0.2) is 4.98 Å². The molecule has 0 aliphatic rings. The molecule has 0 bridgehead atoms. The van der Waals surface area contributed by atoms with E-state index in [1.165, 1.54) is 13.2 Å². The smallest absolute Gasteiger partial charge is 0.213 e. The van der Waals surface area contributed by atoms with Gasteiger partial charge in [0.2, 0.25) is 5.88 Å². The van der Waals surface area contributed by atoms with Crippen LogP contribution in [-0.4, -0.2) is 38.1 Å². The van der Waals surface area contributed by atoms with Crippen LogP contribution in [0.25, 0.3) is 0 Å². The minimum Gasteiger partial charge on any atom is -0.490 e. The van der Waals surface area contributed by atoms with Crippen LogP contribution in [0.1, 0.15) is 12.0 Å². The number of benzene rings is 1. The van der Waals surface area contributed by atoms with E-state index in [9.17, 15) is 0 Å². The second-order valence-electron chi connectivity index (χ2n) is 5.75. The van der Waals surface area contributed by atoms with Gasteiger partial charge < -0.3 is 19.0 Å². The molecule has 0 aliphatic heterocycles. The predicted octanol–water partition coefficient (Wildman–Crippen LogP) is 6.11. The Morgan fingerprint density at radius 2 is 1.80 bits per heavy atom. The van der Waals surface area contributed by atoms with Crippen LogP contribution in [0, 0.1) is 0 Å². The number of pyridine rings is 1. The molecule has 30 heavy (non-hydrogen) atoms. The monoisotopic (exact) mass is 492 g/mol. The van der Waals surface area contributed by atoms with E-state index in [2.05, 4.69) is 15.0 Å². The van der Waals surface area contributed by atoms with E-state index in [0.717, 1.165) is 5.56 Å². The normalized spacial score (nSPS) is 10.7. The van der Waals surface area contributed by atoms with Crippen molar-refractivity contribution in [3.63, 3.8) is 0 Å². The maximum Gasteiger partial charge on any atom is 0.213 e. The largest absolute Gasteiger partial charge is 0.490 e. The molecule has 0 aliphatic carbocycles. The number of halogens is 4. The highest BCUT2D eigenvalue weighted by atomic mass is 35.5. The molecule has 6 nitrogen and oxygen atoms in total. The van der Waals surface area contributed by atoms with Gasteiger partial charge in [0.15, 0.2) is 5.75 Å². The maximum atomic E-state index is 6.23. The lowest BCUT2D eigenvalue weighted by Crippen LogP contribution is -2.06. The lowest BCUT2D eigenvalue weighted by atomic mass is 10.2. The van der Waals surface area contributed by atoms with Gasteiger partial charge in [0.05, 0.1) is 23.3 Å². The van der Waals surface area contributed by atoms with Gasteiger partial charge in [-0.15, -0.1) is 0 Å². The molecular formula is C20H20Cl4N2O4. The van der Waals surface area contributed by atoms with Crippen LogP contribution in [-0.2, 0) is 11.3 Å². The Bertz CT molecular complexity index is 833. The summed E-state index contributed by atoms with van der Waals surface area (Å²) in [5.41, 5.74) is 1.00. The van der Waals surface area contributed by atoms with Crippen molar-refractivity contribution in [3.05, 3.63) is 56.6 Å². The Kier molecular flexibility index (Phi) is 10.9. The van der Waals surface area contributed by atoms with Crippen molar-refractivity contribution in [2.24, 2.45) is 5.16 Å². The second-order valence-corrected chi connectivity index (χ2v) is 7.57. The number of nitrogens with zero attached hydrogens (tertiary/aromatic N) is 2. The summed E-state index contributed by atoms with van der Waals surface area (Å²) >= 11 is 23.5. The molecule has 2 rings (SSSR count). The van der Waals surface area contributed by atoms with E-state index < -0.39 is 0 Å². The molecule has 0 amide bonds. The molecule has 1 heterocycles. The number of rotatable bonds is 12. The molecule has 2 aromatic rings. The van der Waals surface area contributed by atoms with E-state index in [1.54, 1.807) is 30.6 Å². The molecular weight excluding hydrogens is 474 g/mol. The molecule has 0 saturated carbocycles. The van der Waals surface area contributed by atoms with Crippen molar-refractivity contribution in [1.82, 2.24) is 4.98 Å². The first kappa shape index (κ1) is 24.4. The van der Waals surface area contributed by atoms with Crippen molar-refractivity contribution in [2.45, 2.75) is 12.8 Å². The van der Waals surface area contributed by atoms with E-state index in [4.69, 9.17) is 60.6 Å². The first-order valence-electron chi connectivity index (χ1n) is 8.88. The first-order chi connectivity index (χ1) is 14.5. The van der Waals surface area contributed by atoms with Crippen molar-refractivity contribution in [3.8, 4) is 17.4 Å². The second kappa shape index (κ2) is 13.4. The van der Waals surface area contributed by atoms with Crippen LogP contribution in [0.4, 0.5) is 0 Å². The highest BCUT2D eigenvalue weighted by Crippen LogP contribution is 2.37. The number of hydrogen-bond acceptors (Lipinski definition) is 6. The Balaban J connectivity index is 1.74. The zero-order valence-electron chi connectivity index (χ0n) is 16.1. The summed E-state index contributed by atoms with van der Waals surface area (Å²) in [6.07, 6.45) is 6.16. The van der Waals surface area contributed by atoms with Gasteiger partial charge in [-0.1, -0.05) is 57.6 Å². The minimum atomic E-state index is 0.122. The van der Waals surface area contributed by atoms with E-state index in [-0.39, 0.29) is 11.1 Å².